The maximum atomic E-state index is 9.23. The van der Waals surface area contributed by atoms with E-state index in [1.807, 2.05) is 36.4 Å². The van der Waals surface area contributed by atoms with E-state index in [4.69, 9.17) is 8.22 Å². The Bertz CT molecular complexity index is 3800. The van der Waals surface area contributed by atoms with E-state index in [9.17, 15) is 2.74 Å². The van der Waals surface area contributed by atoms with E-state index in [1.54, 1.807) is 15.9 Å². The first kappa shape index (κ1) is 25.9. The Labute approximate surface area is 351 Å². The number of para-hydroxylation sites is 2. The summed E-state index contributed by atoms with van der Waals surface area (Å²) in [4.78, 5) is 0. The first-order valence-corrected chi connectivity index (χ1v) is 20.1. The maximum absolute atomic E-state index is 9.23. The highest BCUT2D eigenvalue weighted by Gasteiger charge is 2.38. The van der Waals surface area contributed by atoms with E-state index in [2.05, 4.69) is 138 Å². The summed E-state index contributed by atoms with van der Waals surface area (Å²) in [7, 11) is 0. The highest BCUT2D eigenvalue weighted by molar-refractivity contribution is 7.25. The topological polar surface area (TPSA) is 9.86 Å². The summed E-state index contributed by atoms with van der Waals surface area (Å²) in [6.45, 7) is 0. The van der Waals surface area contributed by atoms with Crippen molar-refractivity contribution in [2.24, 2.45) is 0 Å². The SMILES string of the molecule is [2H]c1c([2H])c([2H])c2c(c1[2H])c1c([2H])c([2H])c([2H])c([2H])c1n2-c1ccc2c(c1)c1cc(C(c3ccccc3)(c3ccccc3)c3ccccc3)ccc1n2-c1ccc2sc3ccccc3c2c1. The van der Waals surface area contributed by atoms with Gasteiger partial charge in [0.05, 0.1) is 38.4 Å². The second-order valence-corrected chi connectivity index (χ2v) is 15.8. The van der Waals surface area contributed by atoms with Gasteiger partial charge in [0.2, 0.25) is 0 Å². The van der Waals surface area contributed by atoms with Crippen molar-refractivity contribution in [2.45, 2.75) is 5.41 Å². The van der Waals surface area contributed by atoms with Gasteiger partial charge in [-0.25, -0.2) is 0 Å². The summed E-state index contributed by atoms with van der Waals surface area (Å²) in [6.07, 6.45) is 0. The molecule has 3 heteroatoms. The number of thiophene rings is 1. The van der Waals surface area contributed by atoms with E-state index in [0.717, 1.165) is 55.1 Å². The minimum absolute atomic E-state index is 0.0440. The Kier molecular flexibility index (Phi) is 5.76. The Morgan fingerprint density at radius 3 is 1.43 bits per heavy atom. The van der Waals surface area contributed by atoms with Crippen molar-refractivity contribution in [2.75, 3.05) is 0 Å². The molecule has 58 heavy (non-hydrogen) atoms. The fourth-order valence-corrected chi connectivity index (χ4v) is 10.3. The molecule has 272 valence electrons. The molecule has 9 aromatic carbocycles. The number of nitrogens with zero attached hydrogens (tertiary/aromatic N) is 2. The summed E-state index contributed by atoms with van der Waals surface area (Å²) >= 11 is 1.76. The Morgan fingerprint density at radius 1 is 0.345 bits per heavy atom. The van der Waals surface area contributed by atoms with Gasteiger partial charge in [0.15, 0.2) is 0 Å². The fourth-order valence-electron chi connectivity index (χ4n) is 9.26. The normalized spacial score (nSPS) is 14.1. The molecule has 12 aromatic rings. The molecule has 0 aliphatic rings. The lowest BCUT2D eigenvalue weighted by Crippen LogP contribution is -2.30. The molecule has 2 nitrogen and oxygen atoms in total. The highest BCUT2D eigenvalue weighted by Crippen LogP contribution is 2.47. The third-order valence-electron chi connectivity index (χ3n) is 11.7. The first-order valence-electron chi connectivity index (χ1n) is 23.3. The molecule has 3 heterocycles. The molecule has 12 rings (SSSR count). The average Bonchev–Trinajstić information content (AvgIpc) is 4.03. The number of hydrogen-bond donors (Lipinski definition) is 0. The van der Waals surface area contributed by atoms with Gasteiger partial charge in [-0.3, -0.25) is 0 Å². The van der Waals surface area contributed by atoms with Gasteiger partial charge in [-0.15, -0.1) is 11.3 Å². The quantitative estimate of drug-likeness (QED) is 0.149. The van der Waals surface area contributed by atoms with Crippen LogP contribution in [0, 0.1) is 0 Å². The van der Waals surface area contributed by atoms with Crippen LogP contribution in [0.4, 0.5) is 0 Å². The van der Waals surface area contributed by atoms with Gasteiger partial charge in [-0.2, -0.15) is 0 Å². The third kappa shape index (κ3) is 4.78. The van der Waals surface area contributed by atoms with E-state index in [1.165, 1.54) is 14.8 Å². The van der Waals surface area contributed by atoms with Crippen LogP contribution < -0.4 is 0 Å². The molecular weight excluding hydrogens is 721 g/mol. The lowest BCUT2D eigenvalue weighted by Gasteiger charge is -2.37. The van der Waals surface area contributed by atoms with Gasteiger partial charge in [-0.05, 0) is 88.9 Å². The van der Waals surface area contributed by atoms with Crippen LogP contribution in [0.15, 0.2) is 218 Å². The molecule has 0 aliphatic carbocycles. The van der Waals surface area contributed by atoms with Crippen LogP contribution in [-0.2, 0) is 5.41 Å². The zero-order chi connectivity index (χ0) is 45.2. The lowest BCUT2D eigenvalue weighted by molar-refractivity contribution is 0.746. The zero-order valence-corrected chi connectivity index (χ0v) is 31.8. The average molecular weight is 765 g/mol. The Hall–Kier alpha value is -7.20. The van der Waals surface area contributed by atoms with Crippen LogP contribution in [-0.4, -0.2) is 9.13 Å². The molecule has 0 amide bonds. The number of fused-ring (bicyclic) bond motifs is 9. The van der Waals surface area contributed by atoms with Crippen LogP contribution in [0.3, 0.4) is 0 Å². The minimum Gasteiger partial charge on any atom is -0.309 e. The van der Waals surface area contributed by atoms with Crippen molar-refractivity contribution in [3.63, 3.8) is 0 Å². The standard InChI is InChI=1S/C55H36N2S/c1-4-16-37(17-5-1)55(38-18-6-2-7-19-38,39-20-8-3-9-21-39)40-28-31-51-46(34-40)47-35-41(56-49-25-13-10-22-43(49)44-23-11-14-26-50(44)56)29-32-52(47)57(51)42-30-33-54-48(36-42)45-24-12-15-27-53(45)58-54/h1-36H/i10D,11D,13D,14D,22D,23D,25D,26D. The molecule has 0 spiro atoms. The van der Waals surface area contributed by atoms with Gasteiger partial charge in [0, 0.05) is 53.1 Å². The van der Waals surface area contributed by atoms with Crippen LogP contribution in [0.5, 0.6) is 0 Å². The molecule has 0 atom stereocenters. The predicted octanol–water partition coefficient (Wildman–Crippen LogP) is 14.6. The van der Waals surface area contributed by atoms with Gasteiger partial charge in [0.1, 0.15) is 0 Å². The Morgan fingerprint density at radius 2 is 0.810 bits per heavy atom. The number of aromatic nitrogens is 2. The van der Waals surface area contributed by atoms with Crippen LogP contribution in [0.25, 0.3) is 75.2 Å². The molecular formula is C55H36N2S. The molecule has 0 unspecified atom stereocenters. The highest BCUT2D eigenvalue weighted by atomic mass is 32.1. The van der Waals surface area contributed by atoms with Crippen molar-refractivity contribution < 1.29 is 11.0 Å². The Balaban J connectivity index is 1.23. The molecule has 0 bridgehead atoms. The summed E-state index contributed by atoms with van der Waals surface area (Å²) in [6, 6.07) is 56.0. The van der Waals surface area contributed by atoms with Gasteiger partial charge < -0.3 is 9.13 Å². The summed E-state index contributed by atoms with van der Waals surface area (Å²) < 4.78 is 77.5. The number of rotatable bonds is 6. The summed E-state index contributed by atoms with van der Waals surface area (Å²) in [5.41, 5.74) is 7.00. The summed E-state index contributed by atoms with van der Waals surface area (Å²) in [5, 5.41) is 4.20. The molecule has 0 aliphatic heterocycles. The van der Waals surface area contributed by atoms with E-state index in [-0.39, 0.29) is 46.0 Å². The van der Waals surface area contributed by atoms with Crippen molar-refractivity contribution in [1.82, 2.24) is 9.13 Å². The lowest BCUT2D eigenvalue weighted by atomic mass is 9.65. The first-order chi connectivity index (χ1) is 32.1. The molecule has 3 aromatic heterocycles. The van der Waals surface area contributed by atoms with E-state index in [0.29, 0.717) is 5.69 Å². The van der Waals surface area contributed by atoms with E-state index < -0.39 is 29.6 Å². The van der Waals surface area contributed by atoms with Crippen LogP contribution >= 0.6 is 11.3 Å². The van der Waals surface area contributed by atoms with Crippen LogP contribution in [0.2, 0.25) is 0 Å². The monoisotopic (exact) mass is 764 g/mol. The number of hydrogen-bond acceptors (Lipinski definition) is 1. The smallest absolute Gasteiger partial charge is 0.0701 e. The molecule has 0 saturated heterocycles. The van der Waals surface area contributed by atoms with Crippen molar-refractivity contribution in [1.29, 1.82) is 0 Å². The minimum atomic E-state index is -0.752. The van der Waals surface area contributed by atoms with Crippen molar-refractivity contribution in [3.8, 4) is 11.4 Å². The van der Waals surface area contributed by atoms with Crippen molar-refractivity contribution in [3.05, 3.63) is 240 Å². The second kappa shape index (κ2) is 12.9. The molecule has 0 N–H and O–H groups in total. The second-order valence-electron chi connectivity index (χ2n) is 14.7. The summed E-state index contributed by atoms with van der Waals surface area (Å²) in [5.74, 6) is 0. The zero-order valence-electron chi connectivity index (χ0n) is 39.0. The largest absolute Gasteiger partial charge is 0.309 e. The predicted molar refractivity (Wildman–Crippen MR) is 246 cm³/mol. The number of benzene rings is 9. The van der Waals surface area contributed by atoms with Gasteiger partial charge >= 0.3 is 0 Å². The molecule has 0 saturated carbocycles. The van der Waals surface area contributed by atoms with Crippen LogP contribution in [0.1, 0.15) is 33.2 Å². The third-order valence-corrected chi connectivity index (χ3v) is 12.9. The van der Waals surface area contributed by atoms with E-state index >= 15 is 0 Å². The fraction of sp³-hybridized carbons (Fsp3) is 0.0182. The van der Waals surface area contributed by atoms with Gasteiger partial charge in [0.25, 0.3) is 0 Å². The van der Waals surface area contributed by atoms with Crippen molar-refractivity contribution >= 4 is 75.1 Å². The molecule has 0 fully saturated rings. The van der Waals surface area contributed by atoms with Gasteiger partial charge in [-0.1, -0.05) is 152 Å². The maximum Gasteiger partial charge on any atom is 0.0701 e. The molecule has 0 radical (unpaired) electrons.